The summed E-state index contributed by atoms with van der Waals surface area (Å²) < 4.78 is 0. The number of anilines is 1. The number of nitrogens with one attached hydrogen (secondary N) is 1. The molecule has 0 spiro atoms. The molecule has 0 unspecified atom stereocenters. The molecule has 1 aliphatic carbocycles. The van der Waals surface area contributed by atoms with Crippen LogP contribution in [0.25, 0.3) is 0 Å². The first-order valence-corrected chi connectivity index (χ1v) is 6.76. The maximum absolute atomic E-state index is 12.1. The highest BCUT2D eigenvalue weighted by molar-refractivity contribution is 5.92. The fraction of sp³-hybridized carbons (Fsp3) is 0.533. The van der Waals surface area contributed by atoms with Crippen molar-refractivity contribution in [3.8, 4) is 0 Å². The SMILES string of the molecule is O=C(Nc1ccccc1)C1CCC(CCO)CC1. The number of carbonyl (C=O) groups is 1. The smallest absolute Gasteiger partial charge is 0.227 e. The third-order valence-electron chi connectivity index (χ3n) is 3.80. The van der Waals surface area contributed by atoms with Crippen LogP contribution in [0.5, 0.6) is 0 Å². The highest BCUT2D eigenvalue weighted by Crippen LogP contribution is 2.31. The van der Waals surface area contributed by atoms with Gasteiger partial charge in [0.25, 0.3) is 0 Å². The quantitative estimate of drug-likeness (QED) is 0.859. The number of para-hydroxylation sites is 1. The zero-order valence-corrected chi connectivity index (χ0v) is 10.6. The van der Waals surface area contributed by atoms with E-state index in [4.69, 9.17) is 5.11 Å². The van der Waals surface area contributed by atoms with Crippen molar-refractivity contribution in [1.29, 1.82) is 0 Å². The van der Waals surface area contributed by atoms with E-state index in [9.17, 15) is 4.79 Å². The number of aliphatic hydroxyl groups is 1. The second-order valence-electron chi connectivity index (χ2n) is 5.09. The summed E-state index contributed by atoms with van der Waals surface area (Å²) in [5, 5.41) is 11.9. The van der Waals surface area contributed by atoms with Gasteiger partial charge in [-0.15, -0.1) is 0 Å². The van der Waals surface area contributed by atoms with E-state index in [0.717, 1.165) is 37.8 Å². The Morgan fingerprint density at radius 1 is 1.17 bits per heavy atom. The predicted octanol–water partition coefficient (Wildman–Crippen LogP) is 2.81. The normalized spacial score (nSPS) is 23.6. The first-order chi connectivity index (χ1) is 8.79. The molecule has 1 aliphatic rings. The van der Waals surface area contributed by atoms with Crippen molar-refractivity contribution in [2.24, 2.45) is 11.8 Å². The van der Waals surface area contributed by atoms with Gasteiger partial charge in [0.05, 0.1) is 0 Å². The van der Waals surface area contributed by atoms with Gasteiger partial charge in [0.1, 0.15) is 0 Å². The lowest BCUT2D eigenvalue weighted by Crippen LogP contribution is -2.27. The van der Waals surface area contributed by atoms with Gasteiger partial charge >= 0.3 is 0 Å². The molecule has 0 aromatic heterocycles. The Balaban J connectivity index is 1.81. The Hall–Kier alpha value is -1.35. The Morgan fingerprint density at radius 2 is 1.83 bits per heavy atom. The molecule has 2 rings (SSSR count). The maximum atomic E-state index is 12.1. The van der Waals surface area contributed by atoms with Gasteiger partial charge in [-0.1, -0.05) is 18.2 Å². The fourth-order valence-electron chi connectivity index (χ4n) is 2.66. The topological polar surface area (TPSA) is 49.3 Å². The van der Waals surface area contributed by atoms with Crippen molar-refractivity contribution in [2.45, 2.75) is 32.1 Å². The molecular weight excluding hydrogens is 226 g/mol. The van der Waals surface area contributed by atoms with Gasteiger partial charge in [0.15, 0.2) is 0 Å². The number of hydrogen-bond donors (Lipinski definition) is 2. The highest BCUT2D eigenvalue weighted by Gasteiger charge is 2.25. The fourth-order valence-corrected chi connectivity index (χ4v) is 2.66. The van der Waals surface area contributed by atoms with E-state index in [1.54, 1.807) is 0 Å². The summed E-state index contributed by atoms with van der Waals surface area (Å²) in [7, 11) is 0. The molecule has 0 heterocycles. The predicted molar refractivity (Wildman–Crippen MR) is 72.2 cm³/mol. The molecule has 0 aliphatic heterocycles. The van der Waals surface area contributed by atoms with Crippen LogP contribution in [-0.4, -0.2) is 17.6 Å². The Labute approximate surface area is 108 Å². The third kappa shape index (κ3) is 3.57. The first kappa shape index (κ1) is 13.1. The molecule has 1 amide bonds. The van der Waals surface area contributed by atoms with E-state index >= 15 is 0 Å². The average Bonchev–Trinajstić information content (AvgIpc) is 2.41. The minimum Gasteiger partial charge on any atom is -0.396 e. The first-order valence-electron chi connectivity index (χ1n) is 6.76. The minimum absolute atomic E-state index is 0.139. The summed E-state index contributed by atoms with van der Waals surface area (Å²) in [6.07, 6.45) is 4.90. The molecule has 1 aromatic rings. The standard InChI is InChI=1S/C15H21NO2/c17-11-10-12-6-8-13(9-7-12)15(18)16-14-4-2-1-3-5-14/h1-5,12-13,17H,6-11H2,(H,16,18). The zero-order valence-electron chi connectivity index (χ0n) is 10.6. The van der Waals surface area contributed by atoms with Crippen LogP contribution >= 0.6 is 0 Å². The Morgan fingerprint density at radius 3 is 2.44 bits per heavy atom. The van der Waals surface area contributed by atoms with Crippen molar-refractivity contribution in [3.05, 3.63) is 30.3 Å². The molecule has 1 aromatic carbocycles. The molecule has 2 N–H and O–H groups in total. The largest absolute Gasteiger partial charge is 0.396 e. The Kier molecular flexibility index (Phi) is 4.76. The summed E-state index contributed by atoms with van der Waals surface area (Å²) in [5.41, 5.74) is 0.875. The summed E-state index contributed by atoms with van der Waals surface area (Å²) in [5.74, 6) is 0.888. The van der Waals surface area contributed by atoms with Crippen LogP contribution in [0.2, 0.25) is 0 Å². The van der Waals surface area contributed by atoms with E-state index in [1.807, 2.05) is 30.3 Å². The molecule has 3 heteroatoms. The third-order valence-corrected chi connectivity index (χ3v) is 3.80. The second kappa shape index (κ2) is 6.55. The van der Waals surface area contributed by atoms with Crippen molar-refractivity contribution >= 4 is 11.6 Å². The van der Waals surface area contributed by atoms with E-state index in [1.165, 1.54) is 0 Å². The van der Waals surface area contributed by atoms with Crippen LogP contribution in [-0.2, 0) is 4.79 Å². The summed E-state index contributed by atoms with van der Waals surface area (Å²) in [6, 6.07) is 9.61. The highest BCUT2D eigenvalue weighted by atomic mass is 16.3. The zero-order chi connectivity index (χ0) is 12.8. The number of hydrogen-bond acceptors (Lipinski definition) is 2. The Bertz CT molecular complexity index is 369. The second-order valence-corrected chi connectivity index (χ2v) is 5.09. The van der Waals surface area contributed by atoms with Gasteiger partial charge in [-0.3, -0.25) is 4.79 Å². The summed E-state index contributed by atoms with van der Waals surface area (Å²) >= 11 is 0. The molecule has 3 nitrogen and oxygen atoms in total. The van der Waals surface area contributed by atoms with Crippen LogP contribution in [0.1, 0.15) is 32.1 Å². The van der Waals surface area contributed by atoms with Crippen LogP contribution in [0.3, 0.4) is 0 Å². The lowest BCUT2D eigenvalue weighted by molar-refractivity contribution is -0.121. The van der Waals surface area contributed by atoms with E-state index in [0.29, 0.717) is 5.92 Å². The van der Waals surface area contributed by atoms with E-state index < -0.39 is 0 Å². The van der Waals surface area contributed by atoms with E-state index in [-0.39, 0.29) is 18.4 Å². The molecule has 0 saturated heterocycles. The van der Waals surface area contributed by atoms with Gasteiger partial charge in [0, 0.05) is 18.2 Å². The van der Waals surface area contributed by atoms with Gasteiger partial charge in [-0.25, -0.2) is 0 Å². The lowest BCUT2D eigenvalue weighted by Gasteiger charge is -2.27. The van der Waals surface area contributed by atoms with E-state index in [2.05, 4.69) is 5.32 Å². The number of benzene rings is 1. The van der Waals surface area contributed by atoms with Crippen molar-refractivity contribution in [3.63, 3.8) is 0 Å². The van der Waals surface area contributed by atoms with Crippen molar-refractivity contribution in [1.82, 2.24) is 0 Å². The van der Waals surface area contributed by atoms with Crippen molar-refractivity contribution in [2.75, 3.05) is 11.9 Å². The number of carbonyl (C=O) groups excluding carboxylic acids is 1. The summed E-state index contributed by atoms with van der Waals surface area (Å²) in [4.78, 5) is 12.1. The molecule has 0 radical (unpaired) electrons. The number of aliphatic hydroxyl groups excluding tert-OH is 1. The lowest BCUT2D eigenvalue weighted by atomic mass is 9.80. The molecule has 0 bridgehead atoms. The summed E-state index contributed by atoms with van der Waals surface area (Å²) in [6.45, 7) is 0.269. The van der Waals surface area contributed by atoms with Crippen LogP contribution < -0.4 is 5.32 Å². The van der Waals surface area contributed by atoms with Crippen LogP contribution in [0, 0.1) is 11.8 Å². The number of amides is 1. The molecule has 98 valence electrons. The van der Waals surface area contributed by atoms with Gasteiger partial charge in [-0.05, 0) is 50.2 Å². The average molecular weight is 247 g/mol. The maximum Gasteiger partial charge on any atom is 0.227 e. The minimum atomic E-state index is 0.139. The molecule has 1 fully saturated rings. The molecule has 0 atom stereocenters. The van der Waals surface area contributed by atoms with Gasteiger partial charge < -0.3 is 10.4 Å². The van der Waals surface area contributed by atoms with Crippen LogP contribution in [0.4, 0.5) is 5.69 Å². The van der Waals surface area contributed by atoms with Gasteiger partial charge in [0.2, 0.25) is 5.91 Å². The number of rotatable bonds is 4. The molecule has 1 saturated carbocycles. The monoisotopic (exact) mass is 247 g/mol. The molecule has 18 heavy (non-hydrogen) atoms. The molecular formula is C15H21NO2. The van der Waals surface area contributed by atoms with Gasteiger partial charge in [-0.2, -0.15) is 0 Å². The van der Waals surface area contributed by atoms with Crippen LogP contribution in [0.15, 0.2) is 30.3 Å². The van der Waals surface area contributed by atoms with Crippen molar-refractivity contribution < 1.29 is 9.90 Å².